The van der Waals surface area contributed by atoms with Gasteiger partial charge < -0.3 is 10.1 Å². The zero-order valence-electron chi connectivity index (χ0n) is 17.1. The molecule has 1 saturated heterocycles. The molecule has 162 valence electrons. The first-order chi connectivity index (χ1) is 15.0. The molecule has 1 N–H and O–H groups in total. The highest BCUT2D eigenvalue weighted by Gasteiger charge is 2.31. The molecule has 1 aliphatic rings. The third-order valence-corrected chi connectivity index (χ3v) is 5.49. The Balaban J connectivity index is 1.61. The Labute approximate surface area is 180 Å². The Bertz CT molecular complexity index is 968. The Morgan fingerprint density at radius 2 is 1.55 bits per heavy atom. The van der Waals surface area contributed by atoms with Crippen molar-refractivity contribution in [2.45, 2.75) is 18.8 Å². The number of nitrogens with one attached hydrogen (secondary N) is 1. The summed E-state index contributed by atoms with van der Waals surface area (Å²) in [5, 5.41) is 3.34. The van der Waals surface area contributed by atoms with Gasteiger partial charge in [-0.1, -0.05) is 54.6 Å². The SMILES string of the molecule is FC(F)(F)c1ccc(C(c2cccc(OCc3ccccc3)c2)N2CCNCC2)cc1. The van der Waals surface area contributed by atoms with Crippen molar-refractivity contribution < 1.29 is 17.9 Å². The minimum absolute atomic E-state index is 0.135. The van der Waals surface area contributed by atoms with Crippen molar-refractivity contribution >= 4 is 0 Å². The number of nitrogens with zero attached hydrogens (tertiary/aromatic N) is 1. The van der Waals surface area contributed by atoms with Crippen LogP contribution in [-0.4, -0.2) is 31.1 Å². The molecule has 0 aromatic heterocycles. The fourth-order valence-electron chi connectivity index (χ4n) is 3.92. The maximum absolute atomic E-state index is 13.0. The molecule has 31 heavy (non-hydrogen) atoms. The second kappa shape index (κ2) is 9.54. The predicted octanol–water partition coefficient (Wildman–Crippen LogP) is 5.28. The zero-order valence-corrected chi connectivity index (χ0v) is 17.1. The van der Waals surface area contributed by atoms with Gasteiger partial charge in [-0.15, -0.1) is 0 Å². The van der Waals surface area contributed by atoms with Gasteiger partial charge in [0.05, 0.1) is 11.6 Å². The van der Waals surface area contributed by atoms with Crippen LogP contribution in [-0.2, 0) is 12.8 Å². The molecule has 1 unspecified atom stereocenters. The van der Waals surface area contributed by atoms with Crippen molar-refractivity contribution in [3.8, 4) is 5.75 Å². The number of rotatable bonds is 6. The molecule has 1 aliphatic heterocycles. The van der Waals surface area contributed by atoms with Crippen LogP contribution in [0.4, 0.5) is 13.2 Å². The summed E-state index contributed by atoms with van der Waals surface area (Å²) in [4.78, 5) is 2.30. The lowest BCUT2D eigenvalue weighted by molar-refractivity contribution is -0.137. The summed E-state index contributed by atoms with van der Waals surface area (Å²) < 4.78 is 45.1. The number of piperazine rings is 1. The molecule has 0 aliphatic carbocycles. The monoisotopic (exact) mass is 426 g/mol. The van der Waals surface area contributed by atoms with Gasteiger partial charge in [0.1, 0.15) is 12.4 Å². The van der Waals surface area contributed by atoms with Gasteiger partial charge in [-0.05, 0) is 41.0 Å². The summed E-state index contributed by atoms with van der Waals surface area (Å²) >= 11 is 0. The van der Waals surface area contributed by atoms with E-state index in [-0.39, 0.29) is 6.04 Å². The van der Waals surface area contributed by atoms with E-state index >= 15 is 0 Å². The minimum atomic E-state index is -4.34. The largest absolute Gasteiger partial charge is 0.489 e. The molecular formula is C25H25F3N2O. The van der Waals surface area contributed by atoms with E-state index in [1.165, 1.54) is 12.1 Å². The number of halogens is 3. The van der Waals surface area contributed by atoms with Gasteiger partial charge in [-0.25, -0.2) is 0 Å². The van der Waals surface area contributed by atoms with Gasteiger partial charge >= 0.3 is 6.18 Å². The molecule has 0 amide bonds. The van der Waals surface area contributed by atoms with E-state index in [4.69, 9.17) is 4.74 Å². The first-order valence-electron chi connectivity index (χ1n) is 10.4. The van der Waals surface area contributed by atoms with Crippen molar-refractivity contribution in [3.05, 3.63) is 101 Å². The second-order valence-electron chi connectivity index (χ2n) is 7.66. The molecule has 0 bridgehead atoms. The maximum Gasteiger partial charge on any atom is 0.416 e. The van der Waals surface area contributed by atoms with Crippen molar-refractivity contribution in [3.63, 3.8) is 0 Å². The van der Waals surface area contributed by atoms with E-state index in [1.807, 2.05) is 54.6 Å². The summed E-state index contributed by atoms with van der Waals surface area (Å²) in [7, 11) is 0. The van der Waals surface area contributed by atoms with Gasteiger partial charge in [-0.2, -0.15) is 13.2 Å². The molecule has 3 aromatic rings. The first-order valence-corrected chi connectivity index (χ1v) is 10.4. The third-order valence-electron chi connectivity index (χ3n) is 5.49. The van der Waals surface area contributed by atoms with E-state index in [0.717, 1.165) is 48.6 Å². The van der Waals surface area contributed by atoms with Gasteiger partial charge in [0.25, 0.3) is 0 Å². The molecule has 0 spiro atoms. The topological polar surface area (TPSA) is 24.5 Å². The lowest BCUT2D eigenvalue weighted by Gasteiger charge is -2.35. The summed E-state index contributed by atoms with van der Waals surface area (Å²) in [6.45, 7) is 3.80. The molecule has 0 radical (unpaired) electrons. The van der Waals surface area contributed by atoms with Crippen LogP contribution in [0.15, 0.2) is 78.9 Å². The van der Waals surface area contributed by atoms with E-state index < -0.39 is 11.7 Å². The van der Waals surface area contributed by atoms with Crippen molar-refractivity contribution in [2.24, 2.45) is 0 Å². The molecule has 4 rings (SSSR count). The number of benzene rings is 3. The lowest BCUT2D eigenvalue weighted by atomic mass is 9.95. The van der Waals surface area contributed by atoms with E-state index in [0.29, 0.717) is 6.61 Å². The summed E-state index contributed by atoms with van der Waals surface area (Å²) in [6, 6.07) is 23.2. The number of hydrogen-bond acceptors (Lipinski definition) is 3. The molecule has 3 nitrogen and oxygen atoms in total. The molecule has 6 heteroatoms. The predicted molar refractivity (Wildman–Crippen MR) is 115 cm³/mol. The molecule has 1 atom stereocenters. The van der Waals surface area contributed by atoms with Crippen LogP contribution >= 0.6 is 0 Å². The Hall–Kier alpha value is -2.83. The fourth-order valence-corrected chi connectivity index (χ4v) is 3.92. The second-order valence-corrected chi connectivity index (χ2v) is 7.66. The molecular weight excluding hydrogens is 401 g/mol. The zero-order chi connectivity index (χ0) is 21.7. The van der Waals surface area contributed by atoms with E-state index in [9.17, 15) is 13.2 Å². The lowest BCUT2D eigenvalue weighted by Crippen LogP contribution is -2.45. The normalized spacial score (nSPS) is 16.1. The molecule has 0 saturated carbocycles. The van der Waals surface area contributed by atoms with Gasteiger partial charge in [0.2, 0.25) is 0 Å². The fraction of sp³-hybridized carbons (Fsp3) is 0.280. The van der Waals surface area contributed by atoms with Crippen LogP contribution in [0.25, 0.3) is 0 Å². The molecule has 3 aromatic carbocycles. The molecule has 1 heterocycles. The van der Waals surface area contributed by atoms with Crippen molar-refractivity contribution in [1.29, 1.82) is 0 Å². The third kappa shape index (κ3) is 5.46. The summed E-state index contributed by atoms with van der Waals surface area (Å²) in [5.74, 6) is 0.744. The minimum Gasteiger partial charge on any atom is -0.489 e. The Morgan fingerprint density at radius 1 is 0.839 bits per heavy atom. The molecule has 1 fully saturated rings. The Kier molecular flexibility index (Phi) is 6.59. The first kappa shape index (κ1) is 21.4. The standard InChI is InChI=1S/C25H25F3N2O/c26-25(27,28)22-11-9-20(10-12-22)24(30-15-13-29-14-16-30)21-7-4-8-23(17-21)31-18-19-5-2-1-3-6-19/h1-12,17,24,29H,13-16,18H2. The quantitative estimate of drug-likeness (QED) is 0.581. The van der Waals surface area contributed by atoms with Gasteiger partial charge in [0.15, 0.2) is 0 Å². The number of ether oxygens (including phenoxy) is 1. The van der Waals surface area contributed by atoms with Crippen LogP contribution in [0.2, 0.25) is 0 Å². The van der Waals surface area contributed by atoms with Crippen molar-refractivity contribution in [2.75, 3.05) is 26.2 Å². The Morgan fingerprint density at radius 3 is 2.23 bits per heavy atom. The van der Waals surface area contributed by atoms with Gasteiger partial charge in [-0.3, -0.25) is 4.90 Å². The van der Waals surface area contributed by atoms with Gasteiger partial charge in [0, 0.05) is 26.2 Å². The number of alkyl halides is 3. The summed E-state index contributed by atoms with van der Waals surface area (Å²) in [5.41, 5.74) is 2.30. The van der Waals surface area contributed by atoms with E-state index in [1.54, 1.807) is 12.1 Å². The average molecular weight is 426 g/mol. The van der Waals surface area contributed by atoms with Crippen LogP contribution in [0.5, 0.6) is 5.75 Å². The highest BCUT2D eigenvalue weighted by Crippen LogP contribution is 2.34. The number of hydrogen-bond donors (Lipinski definition) is 1. The smallest absolute Gasteiger partial charge is 0.416 e. The van der Waals surface area contributed by atoms with E-state index in [2.05, 4.69) is 10.2 Å². The van der Waals surface area contributed by atoms with Crippen LogP contribution in [0.3, 0.4) is 0 Å². The van der Waals surface area contributed by atoms with Crippen LogP contribution in [0.1, 0.15) is 28.3 Å². The van der Waals surface area contributed by atoms with Crippen LogP contribution < -0.4 is 10.1 Å². The van der Waals surface area contributed by atoms with Crippen molar-refractivity contribution in [1.82, 2.24) is 10.2 Å². The summed E-state index contributed by atoms with van der Waals surface area (Å²) in [6.07, 6.45) is -4.34. The highest BCUT2D eigenvalue weighted by molar-refractivity contribution is 5.38. The average Bonchev–Trinajstić information content (AvgIpc) is 2.79. The highest BCUT2D eigenvalue weighted by atomic mass is 19.4. The van der Waals surface area contributed by atoms with Crippen LogP contribution in [0, 0.1) is 0 Å². The maximum atomic E-state index is 13.0.